The number of fused-ring (bicyclic) bond motifs is 3. The van der Waals surface area contributed by atoms with Gasteiger partial charge in [-0.05, 0) is 54.7 Å². The molecule has 0 atom stereocenters. The lowest BCUT2D eigenvalue weighted by molar-refractivity contribution is 0.0945. The van der Waals surface area contributed by atoms with Crippen molar-refractivity contribution in [2.45, 2.75) is 32.2 Å². The lowest BCUT2D eigenvalue weighted by Crippen LogP contribution is -2.42. The van der Waals surface area contributed by atoms with Gasteiger partial charge in [0.2, 0.25) is 0 Å². The van der Waals surface area contributed by atoms with Crippen LogP contribution in [0.4, 0.5) is 0 Å². The fraction of sp³-hybridized carbons (Fsp3) is 0.227. The van der Waals surface area contributed by atoms with Gasteiger partial charge in [-0.2, -0.15) is 0 Å². The van der Waals surface area contributed by atoms with Gasteiger partial charge in [0.25, 0.3) is 21.5 Å². The zero-order chi connectivity index (χ0) is 21.6. The highest BCUT2D eigenvalue weighted by molar-refractivity contribution is 7.93. The number of hydrazine groups is 1. The molecule has 1 aliphatic heterocycles. The molecule has 1 amide bonds. The highest BCUT2D eigenvalue weighted by Crippen LogP contribution is 2.26. The van der Waals surface area contributed by atoms with Gasteiger partial charge in [-0.3, -0.25) is 19.6 Å². The number of carbonyl (C=O) groups is 1. The van der Waals surface area contributed by atoms with Crippen LogP contribution in [0, 0.1) is 0 Å². The molecule has 2 aromatic carbocycles. The molecule has 31 heavy (non-hydrogen) atoms. The fourth-order valence-corrected chi connectivity index (χ4v) is 5.11. The lowest BCUT2D eigenvalue weighted by Gasteiger charge is -2.17. The van der Waals surface area contributed by atoms with Gasteiger partial charge in [0.05, 0.1) is 15.8 Å². The molecule has 5 rings (SSSR count). The van der Waals surface area contributed by atoms with Gasteiger partial charge in [-0.15, -0.1) is 4.83 Å². The van der Waals surface area contributed by atoms with E-state index in [0.717, 1.165) is 24.0 Å². The van der Waals surface area contributed by atoms with Crippen LogP contribution in [0.1, 0.15) is 40.2 Å². The van der Waals surface area contributed by atoms with Crippen molar-refractivity contribution < 1.29 is 13.2 Å². The van der Waals surface area contributed by atoms with Crippen LogP contribution in [0.25, 0.3) is 17.0 Å². The number of aromatic nitrogens is 2. The van der Waals surface area contributed by atoms with Crippen molar-refractivity contribution in [1.29, 1.82) is 0 Å². The third kappa shape index (κ3) is 3.55. The summed E-state index contributed by atoms with van der Waals surface area (Å²) in [6.07, 6.45) is 4.19. The highest BCUT2D eigenvalue weighted by Gasteiger charge is 2.23. The van der Waals surface area contributed by atoms with Crippen LogP contribution in [-0.2, 0) is 29.4 Å². The van der Waals surface area contributed by atoms with E-state index in [1.165, 1.54) is 12.1 Å². The van der Waals surface area contributed by atoms with E-state index in [0.29, 0.717) is 36.1 Å². The first kappa shape index (κ1) is 19.7. The van der Waals surface area contributed by atoms with Crippen molar-refractivity contribution in [3.05, 3.63) is 80.2 Å². The summed E-state index contributed by atoms with van der Waals surface area (Å²) in [6.45, 7) is 0.654. The minimum Gasteiger partial charge on any atom is -0.296 e. The number of allylic oxidation sites excluding steroid dienone is 1. The van der Waals surface area contributed by atoms with Gasteiger partial charge in [-0.1, -0.05) is 24.3 Å². The Kier molecular flexibility index (Phi) is 4.71. The number of carbonyl (C=O) groups excluding carboxylic acids is 1. The Hall–Kier alpha value is -3.30. The van der Waals surface area contributed by atoms with E-state index in [-0.39, 0.29) is 16.0 Å². The monoisotopic (exact) mass is 436 g/mol. The third-order valence-corrected chi connectivity index (χ3v) is 7.12. The number of nitrogens with zero attached hydrogens (tertiary/aromatic N) is 2. The number of amides is 1. The van der Waals surface area contributed by atoms with Crippen molar-refractivity contribution in [3.63, 3.8) is 0 Å². The molecule has 1 aromatic heterocycles. The van der Waals surface area contributed by atoms with Crippen molar-refractivity contribution in [2.24, 2.45) is 0 Å². The zero-order valence-corrected chi connectivity index (χ0v) is 17.4. The van der Waals surface area contributed by atoms with E-state index in [2.05, 4.69) is 15.2 Å². The predicted octanol–water partition coefficient (Wildman–Crippen LogP) is 1.89. The number of aryl methyl sites for hydroxylation is 2. The molecular formula is C22H20N4O4S. The molecule has 0 saturated carbocycles. The van der Waals surface area contributed by atoms with Crippen LogP contribution in [0.2, 0.25) is 0 Å². The largest absolute Gasteiger partial charge is 0.296 e. The molecule has 0 radical (unpaired) electrons. The van der Waals surface area contributed by atoms with Crippen molar-refractivity contribution in [2.75, 3.05) is 0 Å². The van der Waals surface area contributed by atoms with E-state index >= 15 is 0 Å². The van der Waals surface area contributed by atoms with Crippen LogP contribution < -0.4 is 15.8 Å². The van der Waals surface area contributed by atoms with Crippen LogP contribution >= 0.6 is 0 Å². The first-order valence-electron chi connectivity index (χ1n) is 10.1. The van der Waals surface area contributed by atoms with Crippen molar-refractivity contribution in [1.82, 2.24) is 19.8 Å². The van der Waals surface area contributed by atoms with Gasteiger partial charge >= 0.3 is 0 Å². The Bertz CT molecular complexity index is 1420. The van der Waals surface area contributed by atoms with Gasteiger partial charge in [0, 0.05) is 18.5 Å². The van der Waals surface area contributed by atoms with Gasteiger partial charge in [0.1, 0.15) is 5.82 Å². The molecule has 2 heterocycles. The standard InChI is InChI=1S/C22H20N4O4S/c27-21(16-8-10-18-19(13-16)23-20-6-3-11-26(20)22(18)28)24-25-31(29,30)17-9-7-14-4-1-2-5-15(14)12-17/h1-2,4-5,8,10,12-13,25H,3,6-7,9,11H2,(H,24,27). The molecule has 0 spiro atoms. The number of nitrogens with one attached hydrogen (secondary N) is 2. The molecule has 3 aromatic rings. The quantitative estimate of drug-likeness (QED) is 0.607. The number of rotatable bonds is 4. The molecule has 0 saturated heterocycles. The maximum atomic E-state index is 12.7. The van der Waals surface area contributed by atoms with E-state index in [9.17, 15) is 18.0 Å². The number of hydrogen-bond acceptors (Lipinski definition) is 5. The normalized spacial score (nSPS) is 15.3. The van der Waals surface area contributed by atoms with Crippen molar-refractivity contribution in [3.8, 4) is 0 Å². The summed E-state index contributed by atoms with van der Waals surface area (Å²) < 4.78 is 27.0. The molecule has 0 fully saturated rings. The smallest absolute Gasteiger partial charge is 0.266 e. The second-order valence-electron chi connectivity index (χ2n) is 7.69. The molecule has 0 unspecified atom stereocenters. The fourth-order valence-electron chi connectivity index (χ4n) is 4.09. The molecule has 158 valence electrons. The molecule has 2 aliphatic rings. The average molecular weight is 436 g/mol. The van der Waals surface area contributed by atoms with Crippen molar-refractivity contribution >= 4 is 32.9 Å². The SMILES string of the molecule is O=C(NNS(=O)(=O)C1=Cc2ccccc2CC1)c1ccc2c(=O)n3c(nc2c1)CCC3. The van der Waals surface area contributed by atoms with E-state index < -0.39 is 15.9 Å². The Morgan fingerprint density at radius 1 is 1.06 bits per heavy atom. The molecule has 8 nitrogen and oxygen atoms in total. The summed E-state index contributed by atoms with van der Waals surface area (Å²) in [5, 5.41) is 0.439. The second kappa shape index (κ2) is 7.44. The molecule has 1 aliphatic carbocycles. The third-order valence-electron chi connectivity index (χ3n) is 5.74. The van der Waals surface area contributed by atoms with Gasteiger partial charge in [-0.25, -0.2) is 13.4 Å². The van der Waals surface area contributed by atoms with E-state index in [4.69, 9.17) is 0 Å². The molecule has 9 heteroatoms. The minimum absolute atomic E-state index is 0.116. The topological polar surface area (TPSA) is 110 Å². The van der Waals surface area contributed by atoms with Crippen LogP contribution in [0.3, 0.4) is 0 Å². The van der Waals surface area contributed by atoms with Crippen LogP contribution in [-0.4, -0.2) is 23.9 Å². The summed E-state index contributed by atoms with van der Waals surface area (Å²) >= 11 is 0. The Morgan fingerprint density at radius 3 is 2.77 bits per heavy atom. The summed E-state index contributed by atoms with van der Waals surface area (Å²) in [7, 11) is -3.88. The first-order chi connectivity index (χ1) is 14.9. The number of hydrogen-bond donors (Lipinski definition) is 2. The Balaban J connectivity index is 1.36. The van der Waals surface area contributed by atoms with Crippen LogP contribution in [0.15, 0.2) is 52.2 Å². The second-order valence-corrected chi connectivity index (χ2v) is 9.42. The molecule has 0 bridgehead atoms. The van der Waals surface area contributed by atoms with E-state index in [1.54, 1.807) is 16.7 Å². The molecule has 2 N–H and O–H groups in total. The summed E-state index contributed by atoms with van der Waals surface area (Å²) in [5.41, 5.74) is 4.75. The molecular weight excluding hydrogens is 416 g/mol. The maximum Gasteiger partial charge on any atom is 0.266 e. The van der Waals surface area contributed by atoms with Gasteiger partial charge in [0.15, 0.2) is 0 Å². The first-order valence-corrected chi connectivity index (χ1v) is 11.5. The Morgan fingerprint density at radius 2 is 1.90 bits per heavy atom. The average Bonchev–Trinajstić information content (AvgIpc) is 3.26. The Labute approximate surface area is 178 Å². The highest BCUT2D eigenvalue weighted by atomic mass is 32.2. The summed E-state index contributed by atoms with van der Waals surface area (Å²) in [6, 6.07) is 12.2. The summed E-state index contributed by atoms with van der Waals surface area (Å²) in [4.78, 5) is 32.0. The minimum atomic E-state index is -3.88. The van der Waals surface area contributed by atoms with Gasteiger partial charge < -0.3 is 0 Å². The van der Waals surface area contributed by atoms with Crippen LogP contribution in [0.5, 0.6) is 0 Å². The number of sulfonamides is 1. The lowest BCUT2D eigenvalue weighted by atomic mass is 9.98. The zero-order valence-electron chi connectivity index (χ0n) is 16.6. The maximum absolute atomic E-state index is 12.7. The predicted molar refractivity (Wildman–Crippen MR) is 117 cm³/mol. The number of benzene rings is 2. The summed E-state index contributed by atoms with van der Waals surface area (Å²) in [5.74, 6) is 0.0879. The van der Waals surface area contributed by atoms with E-state index in [1.807, 2.05) is 24.3 Å².